The highest BCUT2D eigenvalue weighted by atomic mass is 35.5. The number of nitrogens with two attached hydrogens (primary N) is 1. The fourth-order valence-electron chi connectivity index (χ4n) is 2.12. The van der Waals surface area contributed by atoms with Crippen molar-refractivity contribution in [2.45, 2.75) is 6.92 Å². The number of anilines is 1. The van der Waals surface area contributed by atoms with Gasteiger partial charge in [-0.3, -0.25) is 4.57 Å². The molecule has 0 aliphatic heterocycles. The van der Waals surface area contributed by atoms with E-state index in [1.54, 1.807) is 18.6 Å². The third-order valence-corrected chi connectivity index (χ3v) is 3.20. The predicted molar refractivity (Wildman–Crippen MR) is 77.4 cm³/mol. The van der Waals surface area contributed by atoms with Crippen LogP contribution in [0.1, 0.15) is 5.82 Å². The Morgan fingerprint density at radius 3 is 2.70 bits per heavy atom. The van der Waals surface area contributed by atoms with Crippen LogP contribution < -0.4 is 10.5 Å². The van der Waals surface area contributed by atoms with Gasteiger partial charge in [0.2, 0.25) is 5.95 Å². The molecule has 0 fully saturated rings. The number of benzene rings is 1. The number of aromatic nitrogens is 4. The van der Waals surface area contributed by atoms with Crippen LogP contribution in [-0.2, 0) is 0 Å². The molecule has 0 aliphatic carbocycles. The van der Waals surface area contributed by atoms with Crippen LogP contribution in [0.4, 0.5) is 5.95 Å². The average molecular weight is 290 g/mol. The molecular formula is C13H12ClN5O. The van der Waals surface area contributed by atoms with Gasteiger partial charge in [0.25, 0.3) is 0 Å². The van der Waals surface area contributed by atoms with Gasteiger partial charge in [-0.2, -0.15) is 4.98 Å². The lowest BCUT2D eigenvalue weighted by Gasteiger charge is -2.11. The molecule has 3 aromatic rings. The molecular weight excluding hydrogens is 278 g/mol. The van der Waals surface area contributed by atoms with Crippen LogP contribution in [-0.4, -0.2) is 26.6 Å². The second-order valence-electron chi connectivity index (χ2n) is 4.21. The second kappa shape index (κ2) is 4.64. The molecule has 0 atom stereocenters. The molecule has 0 amide bonds. The molecule has 0 bridgehead atoms. The highest BCUT2D eigenvalue weighted by Gasteiger charge is 2.18. The number of rotatable bonds is 2. The molecule has 0 radical (unpaired) electrons. The zero-order valence-corrected chi connectivity index (χ0v) is 11.7. The molecule has 0 saturated carbocycles. The van der Waals surface area contributed by atoms with E-state index in [0.717, 1.165) is 5.69 Å². The Labute approximate surface area is 120 Å². The summed E-state index contributed by atoms with van der Waals surface area (Å²) in [6, 6.07) is 7.46. The van der Waals surface area contributed by atoms with E-state index in [4.69, 9.17) is 22.1 Å². The number of ether oxygens (including phenoxy) is 1. The third-order valence-electron chi connectivity index (χ3n) is 2.93. The molecule has 102 valence electrons. The number of nitrogens with zero attached hydrogens (tertiary/aromatic N) is 4. The Morgan fingerprint density at radius 2 is 1.95 bits per heavy atom. The van der Waals surface area contributed by atoms with Crippen LogP contribution in [0.2, 0.25) is 5.15 Å². The van der Waals surface area contributed by atoms with Crippen LogP contribution in [0.5, 0.6) is 5.75 Å². The maximum atomic E-state index is 6.22. The van der Waals surface area contributed by atoms with Crippen LogP contribution in [0, 0.1) is 6.92 Å². The van der Waals surface area contributed by atoms with Crippen LogP contribution in [0.25, 0.3) is 16.9 Å². The first-order chi connectivity index (χ1) is 9.61. The molecule has 1 aromatic carbocycles. The number of nitrogen functional groups attached to an aromatic ring is 1. The molecule has 2 N–H and O–H groups in total. The molecule has 0 unspecified atom stereocenters. The van der Waals surface area contributed by atoms with Gasteiger partial charge < -0.3 is 10.5 Å². The van der Waals surface area contributed by atoms with E-state index in [9.17, 15) is 0 Å². The minimum Gasteiger partial charge on any atom is -0.495 e. The van der Waals surface area contributed by atoms with Gasteiger partial charge >= 0.3 is 0 Å². The Morgan fingerprint density at radius 1 is 1.20 bits per heavy atom. The number of hydrogen-bond acceptors (Lipinski definition) is 5. The lowest BCUT2D eigenvalue weighted by Crippen LogP contribution is -2.03. The van der Waals surface area contributed by atoms with Crippen molar-refractivity contribution in [2.75, 3.05) is 12.8 Å². The number of aryl methyl sites for hydroxylation is 1. The second-order valence-corrected chi connectivity index (χ2v) is 4.57. The molecule has 6 nitrogen and oxygen atoms in total. The van der Waals surface area contributed by atoms with Gasteiger partial charge in [-0.05, 0) is 19.1 Å². The number of methoxy groups -OCH3 is 1. The summed E-state index contributed by atoms with van der Waals surface area (Å²) < 4.78 is 7.04. The van der Waals surface area contributed by atoms with Crippen molar-refractivity contribution >= 4 is 28.7 Å². The number of hydrogen-bond donors (Lipinski definition) is 1. The van der Waals surface area contributed by atoms with E-state index in [-0.39, 0.29) is 5.95 Å². The van der Waals surface area contributed by atoms with Gasteiger partial charge in [-0.1, -0.05) is 23.7 Å². The first-order valence-electron chi connectivity index (χ1n) is 5.93. The summed E-state index contributed by atoms with van der Waals surface area (Å²) in [7, 11) is 1.59. The quantitative estimate of drug-likeness (QED) is 0.733. The molecule has 0 aliphatic rings. The van der Waals surface area contributed by atoms with Gasteiger partial charge in [-0.25, -0.2) is 9.97 Å². The standard InChI is InChI=1S/C13H12ClN5O/c1-7-16-11(14)10-12(17-7)18-13(15)19(10)8-5-3-4-6-9(8)20-2/h3-6H,1-2H3,(H2,15,16,17,18). The van der Waals surface area contributed by atoms with Crippen LogP contribution in [0.15, 0.2) is 24.3 Å². The number of imidazole rings is 1. The van der Waals surface area contributed by atoms with Crippen molar-refractivity contribution in [3.63, 3.8) is 0 Å². The maximum Gasteiger partial charge on any atom is 0.207 e. The van der Waals surface area contributed by atoms with E-state index in [0.29, 0.717) is 27.9 Å². The summed E-state index contributed by atoms with van der Waals surface area (Å²) in [6.45, 7) is 1.75. The van der Waals surface area contributed by atoms with Gasteiger partial charge in [0.05, 0.1) is 12.8 Å². The lowest BCUT2D eigenvalue weighted by molar-refractivity contribution is 0.413. The highest BCUT2D eigenvalue weighted by molar-refractivity contribution is 6.33. The minimum atomic E-state index is 0.284. The summed E-state index contributed by atoms with van der Waals surface area (Å²) >= 11 is 6.22. The van der Waals surface area contributed by atoms with Gasteiger partial charge in [-0.15, -0.1) is 0 Å². The highest BCUT2D eigenvalue weighted by Crippen LogP contribution is 2.31. The Kier molecular flexibility index (Phi) is 2.94. The molecule has 20 heavy (non-hydrogen) atoms. The van der Waals surface area contributed by atoms with Crippen molar-refractivity contribution in [3.8, 4) is 11.4 Å². The van der Waals surface area contributed by atoms with E-state index >= 15 is 0 Å². The maximum absolute atomic E-state index is 6.22. The number of halogens is 1. The summed E-state index contributed by atoms with van der Waals surface area (Å²) in [5, 5.41) is 0.308. The monoisotopic (exact) mass is 289 g/mol. The van der Waals surface area contributed by atoms with Crippen molar-refractivity contribution in [1.82, 2.24) is 19.5 Å². The fourth-order valence-corrected chi connectivity index (χ4v) is 2.41. The number of fused-ring (bicyclic) bond motifs is 1. The van der Waals surface area contributed by atoms with Crippen LogP contribution in [0.3, 0.4) is 0 Å². The lowest BCUT2D eigenvalue weighted by atomic mass is 10.3. The van der Waals surface area contributed by atoms with Crippen molar-refractivity contribution in [1.29, 1.82) is 0 Å². The normalized spacial score (nSPS) is 10.9. The Balaban J connectivity index is 2.39. The van der Waals surface area contributed by atoms with E-state index in [1.165, 1.54) is 0 Å². The molecule has 2 aromatic heterocycles. The van der Waals surface area contributed by atoms with Gasteiger partial charge in [0.15, 0.2) is 10.8 Å². The molecule has 2 heterocycles. The topological polar surface area (TPSA) is 78.9 Å². The zero-order valence-electron chi connectivity index (χ0n) is 11.0. The summed E-state index contributed by atoms with van der Waals surface area (Å²) in [5.41, 5.74) is 7.77. The van der Waals surface area contributed by atoms with E-state index in [1.807, 2.05) is 24.3 Å². The third kappa shape index (κ3) is 1.85. The molecule has 0 spiro atoms. The summed E-state index contributed by atoms with van der Waals surface area (Å²) in [5.74, 6) is 1.49. The molecule has 7 heteroatoms. The summed E-state index contributed by atoms with van der Waals surface area (Å²) in [4.78, 5) is 12.6. The Bertz CT molecular complexity index is 799. The van der Waals surface area contributed by atoms with Gasteiger partial charge in [0, 0.05) is 0 Å². The smallest absolute Gasteiger partial charge is 0.207 e. The first-order valence-corrected chi connectivity index (χ1v) is 6.31. The Hall–Kier alpha value is -2.34. The minimum absolute atomic E-state index is 0.284. The summed E-state index contributed by atoms with van der Waals surface area (Å²) in [6.07, 6.45) is 0. The van der Waals surface area contributed by atoms with E-state index in [2.05, 4.69) is 15.0 Å². The van der Waals surface area contributed by atoms with Crippen molar-refractivity contribution < 1.29 is 4.74 Å². The average Bonchev–Trinajstić information content (AvgIpc) is 2.74. The molecule has 0 saturated heterocycles. The largest absolute Gasteiger partial charge is 0.495 e. The predicted octanol–water partition coefficient (Wildman–Crippen LogP) is 2.37. The SMILES string of the molecule is COc1ccccc1-n1c(N)nc2nc(C)nc(Cl)c21. The fraction of sp³-hybridized carbons (Fsp3) is 0.154. The molecule has 3 rings (SSSR count). The number of para-hydroxylation sites is 2. The van der Waals surface area contributed by atoms with Gasteiger partial charge in [0.1, 0.15) is 17.1 Å². The first kappa shape index (κ1) is 12.7. The zero-order chi connectivity index (χ0) is 14.3. The van der Waals surface area contributed by atoms with Crippen molar-refractivity contribution in [3.05, 3.63) is 35.2 Å². The van der Waals surface area contributed by atoms with Crippen LogP contribution >= 0.6 is 11.6 Å². The van der Waals surface area contributed by atoms with Crippen molar-refractivity contribution in [2.24, 2.45) is 0 Å². The van der Waals surface area contributed by atoms with E-state index < -0.39 is 0 Å².